The number of ether oxygens (including phenoxy) is 2. The Bertz CT molecular complexity index is 839. The molecule has 1 aromatic carbocycles. The topological polar surface area (TPSA) is 229 Å². The molecule has 11 N–H and O–H groups in total. The van der Waals surface area contributed by atoms with Crippen molar-refractivity contribution in [3.63, 3.8) is 0 Å². The summed E-state index contributed by atoms with van der Waals surface area (Å²) in [7, 11) is 0. The largest absolute Gasteiger partial charge is 0.483 e. The van der Waals surface area contributed by atoms with Crippen molar-refractivity contribution in [2.24, 2.45) is 5.90 Å². The quantitative estimate of drug-likeness (QED) is 0.102. The van der Waals surface area contributed by atoms with Gasteiger partial charge in [-0.2, -0.15) is 13.2 Å². The monoisotopic (exact) mass is 536 g/mol. The molecule has 0 aliphatic carbocycles. The lowest BCUT2D eigenvalue weighted by Gasteiger charge is -2.30. The van der Waals surface area contributed by atoms with E-state index in [0.29, 0.717) is 0 Å². The highest BCUT2D eigenvalue weighted by atomic mass is 35.5. The number of nitrogens with two attached hydrogens (primary N) is 1. The Labute approximate surface area is 201 Å². The fourth-order valence-corrected chi connectivity index (χ4v) is 2.96. The number of carbonyl (C=O) groups is 2. The molecule has 1 saturated heterocycles. The van der Waals surface area contributed by atoms with E-state index in [4.69, 9.17) is 31.4 Å². The first kappa shape index (κ1) is 32.5. The van der Waals surface area contributed by atoms with Crippen molar-refractivity contribution >= 4 is 30.1 Å². The third kappa shape index (κ3) is 10.7. The molecule has 0 bridgehead atoms. The fraction of sp³-hybridized carbons (Fsp3) is 0.444. The summed E-state index contributed by atoms with van der Waals surface area (Å²) in [6.45, 7) is 1.45. The molecule has 35 heavy (non-hydrogen) atoms. The van der Waals surface area contributed by atoms with Crippen molar-refractivity contribution in [1.82, 2.24) is 5.32 Å². The van der Waals surface area contributed by atoms with Gasteiger partial charge in [-0.25, -0.2) is 21.8 Å². The summed E-state index contributed by atoms with van der Waals surface area (Å²) in [5, 5.41) is 44.6. The van der Waals surface area contributed by atoms with E-state index in [9.17, 15) is 33.3 Å². The van der Waals surface area contributed by atoms with Crippen LogP contribution in [0.5, 0.6) is 5.75 Å². The number of aliphatic hydroxyl groups is 3. The van der Waals surface area contributed by atoms with Crippen LogP contribution in [-0.4, -0.2) is 70.2 Å². The number of nitrogens with one attached hydrogen (secondary N) is 1. The van der Waals surface area contributed by atoms with Gasteiger partial charge in [-0.15, -0.1) is 0 Å². The maximum atomic E-state index is 13.2. The molecular weight excluding hydrogens is 511 g/mol. The Kier molecular flexibility index (Phi) is 14.3. The van der Waals surface area contributed by atoms with Gasteiger partial charge in [0.15, 0.2) is 0 Å². The maximum Gasteiger partial charge on any atom is 0.430 e. The zero-order chi connectivity index (χ0) is 27.2. The molecule has 3 rings (SSSR count). The van der Waals surface area contributed by atoms with E-state index in [0.717, 1.165) is 18.2 Å². The van der Waals surface area contributed by atoms with Crippen LogP contribution >= 0.6 is 11.6 Å². The second-order valence-corrected chi connectivity index (χ2v) is 6.86. The lowest BCUT2D eigenvalue weighted by molar-refractivity contribution is -0.670. The molecule has 0 aromatic heterocycles. The number of halogens is 4. The number of rotatable bonds is 4. The smallest absolute Gasteiger partial charge is 0.430 e. The molecule has 1 fully saturated rings. The molecule has 13 nitrogen and oxygen atoms in total. The number of carbonyl (C=O) groups excluding carboxylic acids is 1. The van der Waals surface area contributed by atoms with Crippen molar-refractivity contribution in [2.45, 2.75) is 31.1 Å². The number of alkyl halides is 3. The molecule has 0 saturated carbocycles. The lowest BCUT2D eigenvalue weighted by atomic mass is 9.98. The summed E-state index contributed by atoms with van der Waals surface area (Å²) in [5.41, 5.74) is -2.01. The number of hydrogen-bond donors (Lipinski definition) is 8. The molecule has 1 aromatic rings. The van der Waals surface area contributed by atoms with Gasteiger partial charge in [0.05, 0.1) is 11.1 Å². The summed E-state index contributed by atoms with van der Waals surface area (Å²) < 4.78 is 48.8. The van der Waals surface area contributed by atoms with Gasteiger partial charge in [0, 0.05) is 10.6 Å². The number of fused-ring (bicyclic) bond motifs is 1. The molecule has 0 amide bonds. The Balaban J connectivity index is 0.000000972. The van der Waals surface area contributed by atoms with E-state index in [1.807, 2.05) is 0 Å². The summed E-state index contributed by atoms with van der Waals surface area (Å²) >= 11 is 5.73. The molecule has 2 heterocycles. The zero-order valence-corrected chi connectivity index (χ0v) is 18.8. The summed E-state index contributed by atoms with van der Waals surface area (Å²) in [6.07, 6.45) is -4.35. The second-order valence-electron chi connectivity index (χ2n) is 6.43. The van der Waals surface area contributed by atoms with Crippen molar-refractivity contribution in [1.29, 1.82) is 0 Å². The van der Waals surface area contributed by atoms with Crippen LogP contribution in [0.3, 0.4) is 0 Å². The van der Waals surface area contributed by atoms with Crippen LogP contribution in [0.4, 0.5) is 13.2 Å². The highest BCUT2D eigenvalue weighted by Crippen LogP contribution is 2.42. The average Bonchev–Trinajstić information content (AvgIpc) is 3.37. The Morgan fingerprint density at radius 2 is 1.80 bits per heavy atom. The van der Waals surface area contributed by atoms with Crippen LogP contribution in [-0.2, 0) is 25.1 Å². The third-order valence-electron chi connectivity index (χ3n) is 4.02. The van der Waals surface area contributed by atoms with Gasteiger partial charge in [-0.3, -0.25) is 9.63 Å². The van der Waals surface area contributed by atoms with Crippen LogP contribution in [0.1, 0.15) is 24.0 Å². The van der Waals surface area contributed by atoms with Crippen LogP contribution in [0.15, 0.2) is 17.7 Å². The Morgan fingerprint density at radius 1 is 1.26 bits per heavy atom. The minimum absolute atomic E-state index is 0.168. The third-order valence-corrected chi connectivity index (χ3v) is 4.24. The summed E-state index contributed by atoms with van der Waals surface area (Å²) in [4.78, 5) is 24.1. The van der Waals surface area contributed by atoms with Crippen LogP contribution in [0, 0.1) is 0 Å². The fourth-order valence-electron chi connectivity index (χ4n) is 2.73. The number of quaternary nitrogens is 1. The van der Waals surface area contributed by atoms with E-state index < -0.39 is 47.9 Å². The highest BCUT2D eigenvalue weighted by Gasteiger charge is 2.50. The van der Waals surface area contributed by atoms with Crippen molar-refractivity contribution < 1.29 is 68.6 Å². The lowest BCUT2D eigenvalue weighted by Crippen LogP contribution is -2.42. The summed E-state index contributed by atoms with van der Waals surface area (Å²) in [5.74, 6) is 1.22. The highest BCUT2D eigenvalue weighted by molar-refractivity contribution is 6.31. The number of hydrogen-bond acceptors (Lipinski definition) is 11. The minimum Gasteiger partial charge on any atom is -0.483 e. The molecule has 1 atom stereocenters. The SMILES string of the molecule is C1CCNC1.NOCOC(=O)C1=Cc2cc(Cl)cc(C(O)(O)O)c2OC1C(F)(F)F.O=CO.[NH3+]O. The van der Waals surface area contributed by atoms with Crippen LogP contribution < -0.4 is 21.8 Å². The van der Waals surface area contributed by atoms with Gasteiger partial charge in [0.1, 0.15) is 5.75 Å². The van der Waals surface area contributed by atoms with E-state index >= 15 is 0 Å². The Hall–Kier alpha value is -2.54. The second kappa shape index (κ2) is 15.5. The van der Waals surface area contributed by atoms with E-state index in [1.165, 1.54) is 25.9 Å². The molecule has 0 radical (unpaired) electrons. The molecule has 0 spiro atoms. The molecule has 2 aliphatic rings. The van der Waals surface area contributed by atoms with E-state index in [1.54, 1.807) is 0 Å². The number of esters is 1. The first-order chi connectivity index (χ1) is 16.4. The molecule has 1 unspecified atom stereocenters. The van der Waals surface area contributed by atoms with E-state index in [-0.39, 0.29) is 17.1 Å². The van der Waals surface area contributed by atoms with Crippen LogP contribution in [0.25, 0.3) is 6.08 Å². The first-order valence-electron chi connectivity index (χ1n) is 9.41. The first-order valence-corrected chi connectivity index (χ1v) is 9.79. The normalized spacial score (nSPS) is 16.4. The molecular formula is C18H26ClF3N3O10+. The minimum atomic E-state index is -5.06. The predicted molar refractivity (Wildman–Crippen MR) is 110 cm³/mol. The van der Waals surface area contributed by atoms with Crippen molar-refractivity contribution in [3.05, 3.63) is 33.9 Å². The van der Waals surface area contributed by atoms with Gasteiger partial charge in [-0.05, 0) is 44.1 Å². The predicted octanol–water partition coefficient (Wildman–Crippen LogP) is -0.787. The molecule has 200 valence electrons. The average molecular weight is 537 g/mol. The Morgan fingerprint density at radius 3 is 2.20 bits per heavy atom. The molecule has 2 aliphatic heterocycles. The van der Waals surface area contributed by atoms with E-state index in [2.05, 4.69) is 26.7 Å². The molecule has 17 heteroatoms. The number of carboxylic acid groups (broad SMARTS) is 1. The van der Waals surface area contributed by atoms with Crippen molar-refractivity contribution in [2.75, 3.05) is 19.9 Å². The zero-order valence-electron chi connectivity index (χ0n) is 18.0. The maximum absolute atomic E-state index is 13.2. The van der Waals surface area contributed by atoms with Gasteiger partial charge in [-0.1, -0.05) is 11.6 Å². The summed E-state index contributed by atoms with van der Waals surface area (Å²) in [6, 6.07) is 1.89. The van der Waals surface area contributed by atoms with Gasteiger partial charge < -0.3 is 35.2 Å². The van der Waals surface area contributed by atoms with Gasteiger partial charge >= 0.3 is 18.1 Å². The van der Waals surface area contributed by atoms with Crippen LogP contribution in [0.2, 0.25) is 5.02 Å². The number of benzene rings is 1. The van der Waals surface area contributed by atoms with Crippen molar-refractivity contribution in [3.8, 4) is 5.75 Å². The van der Waals surface area contributed by atoms with Gasteiger partial charge in [0.25, 0.3) is 6.47 Å². The standard InChI is InChI=1S/C13H11ClF3NO7.C4H9N.CH2O2.H4NO/c14-6-1-5-2-7(11(19)23-4-24-18)10(12(15,16)17)25-9(5)8(3-6)13(20,21)22;1-2-4-5-3-1;2-1-3;1-2/h1-3,10,20-22H,4,18H2;5H,1-4H2;1H,(H,2,3);2H,1H3/q;;;+1. The van der Waals surface area contributed by atoms with Gasteiger partial charge in [0.2, 0.25) is 12.9 Å².